The average Bonchev–Trinajstić information content (AvgIpc) is 3.31. The molecule has 1 N–H and O–H groups in total. The molecule has 0 spiro atoms. The minimum atomic E-state index is -0.0925. The average molecular weight is 557 g/mol. The maximum absolute atomic E-state index is 11.9. The highest BCUT2D eigenvalue weighted by Crippen LogP contribution is 2.44. The van der Waals surface area contributed by atoms with E-state index in [-0.39, 0.29) is 41.3 Å². The van der Waals surface area contributed by atoms with E-state index in [2.05, 4.69) is 35.3 Å². The Hall–Kier alpha value is -1.71. The first kappa shape index (κ1) is 24.9. The number of nitrogens with one attached hydrogen (secondary N) is 1. The number of benzene rings is 1. The molecule has 1 aliphatic carbocycles. The van der Waals surface area contributed by atoms with Crippen molar-refractivity contribution in [1.29, 1.82) is 0 Å². The number of fused-ring (bicyclic) bond motifs is 1. The van der Waals surface area contributed by atoms with Crippen molar-refractivity contribution < 1.29 is 19.0 Å². The summed E-state index contributed by atoms with van der Waals surface area (Å²) in [6.45, 7) is 6.54. The van der Waals surface area contributed by atoms with Crippen LogP contribution in [0.2, 0.25) is 0 Å². The van der Waals surface area contributed by atoms with Crippen molar-refractivity contribution in [3.8, 4) is 11.5 Å². The summed E-state index contributed by atoms with van der Waals surface area (Å²) in [5.41, 5.74) is 1.35. The van der Waals surface area contributed by atoms with Gasteiger partial charge in [-0.15, -0.1) is 24.0 Å². The van der Waals surface area contributed by atoms with Gasteiger partial charge in [-0.1, -0.05) is 18.9 Å². The van der Waals surface area contributed by atoms with Crippen molar-refractivity contribution >= 4 is 35.9 Å². The number of likely N-dealkylation sites (tertiary alicyclic amines) is 1. The van der Waals surface area contributed by atoms with E-state index >= 15 is 0 Å². The number of methoxy groups -OCH3 is 1. The summed E-state index contributed by atoms with van der Waals surface area (Å²) in [4.78, 5) is 19.3. The van der Waals surface area contributed by atoms with Crippen molar-refractivity contribution in [3.05, 3.63) is 23.8 Å². The summed E-state index contributed by atoms with van der Waals surface area (Å²) in [5, 5.41) is 3.47. The number of hydrogen-bond acceptors (Lipinski definition) is 5. The van der Waals surface area contributed by atoms with Crippen LogP contribution in [0, 0.1) is 5.92 Å². The van der Waals surface area contributed by atoms with E-state index in [0.717, 1.165) is 69.3 Å². The second-order valence-corrected chi connectivity index (χ2v) is 8.80. The van der Waals surface area contributed by atoms with Gasteiger partial charge in [0.2, 0.25) is 0 Å². The molecule has 178 valence electrons. The molecule has 1 aromatic rings. The molecular formula is C24H36IN3O4. The number of nitrogens with zero attached hydrogens (tertiary/aromatic N) is 2. The predicted molar refractivity (Wildman–Crippen MR) is 135 cm³/mol. The molecule has 2 aliphatic heterocycles. The largest absolute Gasteiger partial charge is 0.486 e. The molecule has 8 heteroatoms. The molecule has 0 radical (unpaired) electrons. The minimum Gasteiger partial charge on any atom is -0.486 e. The van der Waals surface area contributed by atoms with Gasteiger partial charge in [-0.25, -0.2) is 0 Å². The zero-order chi connectivity index (χ0) is 21.7. The first-order valence-electron chi connectivity index (χ1n) is 11.7. The van der Waals surface area contributed by atoms with Crippen LogP contribution in [-0.4, -0.2) is 63.3 Å². The summed E-state index contributed by atoms with van der Waals surface area (Å²) in [7, 11) is 1.47. The van der Waals surface area contributed by atoms with Gasteiger partial charge in [-0.3, -0.25) is 9.79 Å². The number of halogens is 1. The Labute approximate surface area is 208 Å². The van der Waals surface area contributed by atoms with Gasteiger partial charge in [0, 0.05) is 25.0 Å². The third-order valence-corrected chi connectivity index (χ3v) is 6.91. The van der Waals surface area contributed by atoms with Gasteiger partial charge < -0.3 is 24.4 Å². The molecule has 4 rings (SSSR count). The number of guanidine groups is 1. The van der Waals surface area contributed by atoms with Crippen LogP contribution in [0.3, 0.4) is 0 Å². The van der Waals surface area contributed by atoms with E-state index in [4.69, 9.17) is 19.2 Å². The minimum absolute atomic E-state index is 0. The fraction of sp³-hybridized carbons (Fsp3) is 0.667. The normalized spacial score (nSPS) is 20.4. The number of ether oxygens (including phenoxy) is 3. The lowest BCUT2D eigenvalue weighted by Gasteiger charge is -2.34. The number of piperidine rings is 1. The van der Waals surface area contributed by atoms with Crippen LogP contribution >= 0.6 is 24.0 Å². The molecule has 1 aromatic carbocycles. The molecule has 2 heterocycles. The Kier molecular flexibility index (Phi) is 8.90. The SMILES string of the molecule is CCNC(=NCC1(c2ccc3c(c2)OCCO3)CCCC1)N1CCC(C(=O)OC)CC1.I. The molecule has 1 saturated carbocycles. The van der Waals surface area contributed by atoms with E-state index < -0.39 is 0 Å². The number of aliphatic imine (C=N–C) groups is 1. The molecule has 32 heavy (non-hydrogen) atoms. The highest BCUT2D eigenvalue weighted by Gasteiger charge is 2.37. The van der Waals surface area contributed by atoms with Gasteiger partial charge in [0.25, 0.3) is 0 Å². The molecule has 1 saturated heterocycles. The van der Waals surface area contributed by atoms with E-state index in [1.165, 1.54) is 25.5 Å². The Bertz CT molecular complexity index is 802. The molecule has 2 fully saturated rings. The topological polar surface area (TPSA) is 72.4 Å². The molecule has 7 nitrogen and oxygen atoms in total. The van der Waals surface area contributed by atoms with E-state index in [1.807, 2.05) is 0 Å². The smallest absolute Gasteiger partial charge is 0.308 e. The quantitative estimate of drug-likeness (QED) is 0.258. The van der Waals surface area contributed by atoms with Gasteiger partial charge >= 0.3 is 5.97 Å². The fourth-order valence-electron chi connectivity index (χ4n) is 5.11. The van der Waals surface area contributed by atoms with Gasteiger partial charge in [0.15, 0.2) is 17.5 Å². The molecule has 0 atom stereocenters. The summed E-state index contributed by atoms with van der Waals surface area (Å²) in [5.74, 6) is 2.56. The van der Waals surface area contributed by atoms with Crippen LogP contribution in [0.5, 0.6) is 11.5 Å². The predicted octanol–water partition coefficient (Wildman–Crippen LogP) is 3.74. The molecule has 0 amide bonds. The zero-order valence-electron chi connectivity index (χ0n) is 19.2. The van der Waals surface area contributed by atoms with E-state index in [1.54, 1.807) is 0 Å². The van der Waals surface area contributed by atoms with Gasteiger partial charge in [-0.05, 0) is 50.3 Å². The van der Waals surface area contributed by atoms with Crippen LogP contribution in [0.1, 0.15) is 51.0 Å². The summed E-state index contributed by atoms with van der Waals surface area (Å²) in [6.07, 6.45) is 6.35. The van der Waals surface area contributed by atoms with Crippen LogP contribution < -0.4 is 14.8 Å². The van der Waals surface area contributed by atoms with Crippen molar-refractivity contribution in [1.82, 2.24) is 10.2 Å². The molecule has 0 aromatic heterocycles. The van der Waals surface area contributed by atoms with Crippen LogP contribution in [-0.2, 0) is 14.9 Å². The monoisotopic (exact) mass is 557 g/mol. The van der Waals surface area contributed by atoms with Crippen LogP contribution in [0.25, 0.3) is 0 Å². The first-order chi connectivity index (χ1) is 15.1. The Morgan fingerprint density at radius 3 is 2.53 bits per heavy atom. The van der Waals surface area contributed by atoms with E-state index in [9.17, 15) is 4.79 Å². The third kappa shape index (κ3) is 5.43. The lowest BCUT2D eigenvalue weighted by molar-refractivity contribution is -0.146. The number of rotatable bonds is 5. The number of esters is 1. The van der Waals surface area contributed by atoms with Crippen molar-refractivity contribution in [2.24, 2.45) is 10.9 Å². The van der Waals surface area contributed by atoms with Crippen molar-refractivity contribution in [3.63, 3.8) is 0 Å². The Morgan fingerprint density at radius 2 is 1.88 bits per heavy atom. The van der Waals surface area contributed by atoms with Crippen molar-refractivity contribution in [2.75, 3.05) is 46.5 Å². The Morgan fingerprint density at radius 1 is 1.19 bits per heavy atom. The highest BCUT2D eigenvalue weighted by atomic mass is 127. The van der Waals surface area contributed by atoms with Crippen molar-refractivity contribution in [2.45, 2.75) is 50.9 Å². The molecule has 0 bridgehead atoms. The number of carbonyl (C=O) groups excluding carboxylic acids is 1. The van der Waals surface area contributed by atoms with Gasteiger partial charge in [0.05, 0.1) is 19.6 Å². The second kappa shape index (κ2) is 11.4. The second-order valence-electron chi connectivity index (χ2n) is 8.80. The van der Waals surface area contributed by atoms with Crippen LogP contribution in [0.15, 0.2) is 23.2 Å². The van der Waals surface area contributed by atoms with E-state index in [0.29, 0.717) is 13.2 Å². The number of hydrogen-bond donors (Lipinski definition) is 1. The standard InChI is InChI=1S/C24H35N3O4.HI/c1-3-25-23(27-12-8-18(9-13-27)22(28)29-2)26-17-24(10-4-5-11-24)19-6-7-20-21(16-19)31-15-14-30-20;/h6-7,16,18H,3-5,8-15,17H2,1-2H3,(H,25,26);1H. The van der Waals surface area contributed by atoms with Crippen LogP contribution in [0.4, 0.5) is 0 Å². The highest BCUT2D eigenvalue weighted by molar-refractivity contribution is 14.0. The Balaban J connectivity index is 0.00000289. The lowest BCUT2D eigenvalue weighted by atomic mass is 9.78. The summed E-state index contributed by atoms with van der Waals surface area (Å²) >= 11 is 0. The zero-order valence-corrected chi connectivity index (χ0v) is 21.6. The van der Waals surface area contributed by atoms with Gasteiger partial charge in [-0.2, -0.15) is 0 Å². The summed E-state index contributed by atoms with van der Waals surface area (Å²) in [6, 6.07) is 6.42. The molecule has 0 unspecified atom stereocenters. The number of carbonyl (C=O) groups is 1. The maximum Gasteiger partial charge on any atom is 0.308 e. The fourth-order valence-corrected chi connectivity index (χ4v) is 5.11. The first-order valence-corrected chi connectivity index (χ1v) is 11.7. The lowest BCUT2D eigenvalue weighted by Crippen LogP contribution is -2.47. The molecule has 3 aliphatic rings. The maximum atomic E-state index is 11.9. The molecular weight excluding hydrogens is 521 g/mol. The van der Waals surface area contributed by atoms with Gasteiger partial charge in [0.1, 0.15) is 13.2 Å². The summed E-state index contributed by atoms with van der Waals surface area (Å²) < 4.78 is 16.5. The third-order valence-electron chi connectivity index (χ3n) is 6.91.